The van der Waals surface area contributed by atoms with E-state index < -0.39 is 18.1 Å². The molecular formula is C46H67F3N2O4. The predicted molar refractivity (Wildman–Crippen MR) is 220 cm³/mol. The molecule has 0 radical (unpaired) electrons. The number of Topliss-reactive ketones (excluding diaryl/α,β-unsaturated/α-hetero) is 1. The number of para-hydroxylation sites is 1. The van der Waals surface area contributed by atoms with Crippen molar-refractivity contribution in [1.82, 2.24) is 10.6 Å². The number of methoxy groups -OCH3 is 1. The first-order valence-electron chi connectivity index (χ1n) is 20.1. The van der Waals surface area contributed by atoms with E-state index in [9.17, 15) is 22.8 Å². The number of benzene rings is 3. The second-order valence-electron chi connectivity index (χ2n) is 15.3. The highest BCUT2D eigenvalue weighted by atomic mass is 19.4. The highest BCUT2D eigenvalue weighted by Gasteiger charge is 2.46. The van der Waals surface area contributed by atoms with Gasteiger partial charge in [-0.15, -0.1) is 13.2 Å². The molecule has 0 aromatic heterocycles. The summed E-state index contributed by atoms with van der Waals surface area (Å²) in [6.07, 6.45) is 3.92. The average molecular weight is 769 g/mol. The maximum Gasteiger partial charge on any atom is 0.573 e. The summed E-state index contributed by atoms with van der Waals surface area (Å²) in [6, 6.07) is 17.0. The minimum absolute atomic E-state index is 0.158. The summed E-state index contributed by atoms with van der Waals surface area (Å²) in [6.45, 7) is 21.1. The lowest BCUT2D eigenvalue weighted by Crippen LogP contribution is -2.46. The molecule has 3 aromatic rings. The van der Waals surface area contributed by atoms with Crippen molar-refractivity contribution >= 4 is 11.7 Å². The van der Waals surface area contributed by atoms with Gasteiger partial charge in [0.05, 0.1) is 12.6 Å². The SMILES string of the molecule is CCC(C)c1cc(C)c(-c2cc(C)cc(OC)c2)c(C)c1.CCCC1(CCC(C)CC)NC(c2ccccc2OC(F)(F)F)NC1=O.CCCCCC(C)=O. The fourth-order valence-electron chi connectivity index (χ4n) is 6.97. The number of carbonyl (C=O) groups is 2. The van der Waals surface area contributed by atoms with E-state index in [-0.39, 0.29) is 17.2 Å². The van der Waals surface area contributed by atoms with E-state index in [2.05, 4.69) is 101 Å². The Morgan fingerprint density at radius 1 is 0.891 bits per heavy atom. The van der Waals surface area contributed by atoms with Gasteiger partial charge in [-0.3, -0.25) is 10.1 Å². The number of aryl methyl sites for hydroxylation is 3. The van der Waals surface area contributed by atoms with E-state index in [1.165, 1.54) is 70.8 Å². The van der Waals surface area contributed by atoms with Crippen LogP contribution in [0.25, 0.3) is 11.1 Å². The summed E-state index contributed by atoms with van der Waals surface area (Å²) >= 11 is 0. The summed E-state index contributed by atoms with van der Waals surface area (Å²) < 4.78 is 47.6. The van der Waals surface area contributed by atoms with Crippen LogP contribution in [0, 0.1) is 26.7 Å². The Kier molecular flexibility index (Phi) is 19.5. The molecule has 0 saturated carbocycles. The van der Waals surface area contributed by atoms with Crippen LogP contribution >= 0.6 is 0 Å². The first-order chi connectivity index (χ1) is 25.9. The van der Waals surface area contributed by atoms with E-state index in [0.29, 0.717) is 30.5 Å². The van der Waals surface area contributed by atoms with Crippen LogP contribution in [-0.4, -0.2) is 30.7 Å². The number of ketones is 1. The number of unbranched alkanes of at least 4 members (excludes halogenated alkanes) is 2. The van der Waals surface area contributed by atoms with Crippen molar-refractivity contribution in [3.05, 3.63) is 82.4 Å². The number of ether oxygens (including phenoxy) is 2. The molecule has 4 unspecified atom stereocenters. The van der Waals surface area contributed by atoms with Crippen molar-refractivity contribution in [2.75, 3.05) is 7.11 Å². The largest absolute Gasteiger partial charge is 0.573 e. The van der Waals surface area contributed by atoms with Crippen LogP contribution in [0.4, 0.5) is 13.2 Å². The molecule has 1 saturated heterocycles. The van der Waals surface area contributed by atoms with Crippen LogP contribution in [0.2, 0.25) is 0 Å². The maximum absolute atomic E-state index is 12.7. The zero-order valence-corrected chi connectivity index (χ0v) is 35.3. The molecule has 9 heteroatoms. The third-order valence-corrected chi connectivity index (χ3v) is 10.5. The van der Waals surface area contributed by atoms with Gasteiger partial charge in [0.1, 0.15) is 23.4 Å². The van der Waals surface area contributed by atoms with Gasteiger partial charge in [0, 0.05) is 12.0 Å². The topological polar surface area (TPSA) is 76.7 Å². The van der Waals surface area contributed by atoms with Crippen LogP contribution in [0.1, 0.15) is 153 Å². The van der Waals surface area contributed by atoms with Gasteiger partial charge in [0.15, 0.2) is 0 Å². The molecule has 4 rings (SSSR count). The highest BCUT2D eigenvalue weighted by molar-refractivity contribution is 5.89. The molecule has 1 aliphatic heterocycles. The number of nitrogens with one attached hydrogen (secondary N) is 2. The van der Waals surface area contributed by atoms with Gasteiger partial charge in [0.25, 0.3) is 0 Å². The van der Waals surface area contributed by atoms with Gasteiger partial charge in [-0.05, 0) is 123 Å². The second-order valence-corrected chi connectivity index (χ2v) is 15.3. The number of hydrogen-bond donors (Lipinski definition) is 2. The molecule has 306 valence electrons. The molecule has 1 aliphatic rings. The molecule has 1 fully saturated rings. The molecule has 0 bridgehead atoms. The molecular weight excluding hydrogens is 702 g/mol. The van der Waals surface area contributed by atoms with Gasteiger partial charge < -0.3 is 19.6 Å². The molecule has 1 amide bonds. The molecule has 6 nitrogen and oxygen atoms in total. The molecule has 4 atom stereocenters. The Labute approximate surface area is 329 Å². The number of halogens is 3. The number of rotatable bonds is 16. The van der Waals surface area contributed by atoms with E-state index >= 15 is 0 Å². The lowest BCUT2D eigenvalue weighted by molar-refractivity contribution is -0.275. The van der Waals surface area contributed by atoms with Crippen LogP contribution in [0.3, 0.4) is 0 Å². The van der Waals surface area contributed by atoms with Gasteiger partial charge in [-0.2, -0.15) is 0 Å². The van der Waals surface area contributed by atoms with Gasteiger partial charge in [-0.25, -0.2) is 0 Å². The Morgan fingerprint density at radius 3 is 2.09 bits per heavy atom. The van der Waals surface area contributed by atoms with Gasteiger partial charge in [-0.1, -0.05) is 104 Å². The van der Waals surface area contributed by atoms with Crippen molar-refractivity contribution in [1.29, 1.82) is 0 Å². The minimum Gasteiger partial charge on any atom is -0.497 e. The normalized spacial score (nSPS) is 17.6. The lowest BCUT2D eigenvalue weighted by atomic mass is 9.85. The summed E-state index contributed by atoms with van der Waals surface area (Å²) in [5.74, 6) is 1.89. The molecule has 3 aromatic carbocycles. The standard InChI is InChI=1S/C20H26O.C19H27F3N2O2.C7H14O/c1-7-14(3)17-10-15(4)20(16(5)11-17)18-8-13(2)9-19(12-18)21-6;1-4-11-18(12-10-13(3)5-2)17(25)23-16(24-18)14-8-6-7-9-15(14)26-19(20,21)22;1-3-4-5-6-7(2)8/h8-12,14H,7H2,1-6H3;6-9,13,16,24H,4-5,10-12H2,1-3H3,(H,23,25);3-6H2,1-2H3. The van der Waals surface area contributed by atoms with E-state index in [1.54, 1.807) is 20.1 Å². The van der Waals surface area contributed by atoms with Crippen molar-refractivity contribution in [2.45, 2.75) is 157 Å². The summed E-state index contributed by atoms with van der Waals surface area (Å²) in [5.41, 5.74) is 7.47. The first kappa shape index (κ1) is 47.3. The van der Waals surface area contributed by atoms with E-state index in [4.69, 9.17) is 4.74 Å². The minimum atomic E-state index is -4.78. The lowest BCUT2D eigenvalue weighted by Gasteiger charge is -2.28. The summed E-state index contributed by atoms with van der Waals surface area (Å²) in [5, 5.41) is 6.09. The van der Waals surface area contributed by atoms with Gasteiger partial charge in [0.2, 0.25) is 5.91 Å². The Balaban J connectivity index is 0.000000322. The van der Waals surface area contributed by atoms with E-state index in [0.717, 1.165) is 37.9 Å². The predicted octanol–water partition coefficient (Wildman–Crippen LogP) is 12.6. The summed E-state index contributed by atoms with van der Waals surface area (Å²) in [4.78, 5) is 23.0. The van der Waals surface area contributed by atoms with Crippen LogP contribution in [-0.2, 0) is 9.59 Å². The second kappa shape index (κ2) is 22.6. The fraction of sp³-hybridized carbons (Fsp3) is 0.565. The van der Waals surface area contributed by atoms with Crippen molar-refractivity contribution in [2.24, 2.45) is 5.92 Å². The quantitative estimate of drug-likeness (QED) is 0.142. The monoisotopic (exact) mass is 769 g/mol. The molecule has 1 heterocycles. The fourth-order valence-corrected chi connectivity index (χ4v) is 6.97. The van der Waals surface area contributed by atoms with Crippen molar-refractivity contribution in [3.8, 4) is 22.6 Å². The number of alkyl halides is 3. The summed E-state index contributed by atoms with van der Waals surface area (Å²) in [7, 11) is 1.73. The Hall–Kier alpha value is -3.85. The van der Waals surface area contributed by atoms with Gasteiger partial charge >= 0.3 is 6.36 Å². The van der Waals surface area contributed by atoms with Crippen LogP contribution < -0.4 is 20.1 Å². The maximum atomic E-state index is 12.7. The molecule has 2 N–H and O–H groups in total. The molecule has 0 aliphatic carbocycles. The molecule has 0 spiro atoms. The zero-order valence-electron chi connectivity index (χ0n) is 35.3. The third-order valence-electron chi connectivity index (χ3n) is 10.5. The van der Waals surface area contributed by atoms with Crippen LogP contribution in [0.5, 0.6) is 11.5 Å². The first-order valence-corrected chi connectivity index (χ1v) is 20.1. The smallest absolute Gasteiger partial charge is 0.497 e. The van der Waals surface area contributed by atoms with Crippen molar-refractivity contribution in [3.63, 3.8) is 0 Å². The zero-order chi connectivity index (χ0) is 41.3. The Morgan fingerprint density at radius 2 is 1.55 bits per heavy atom. The average Bonchev–Trinajstić information content (AvgIpc) is 3.44. The third kappa shape index (κ3) is 15.0. The van der Waals surface area contributed by atoms with E-state index in [1.807, 2.05) is 6.92 Å². The van der Waals surface area contributed by atoms with Crippen molar-refractivity contribution < 1.29 is 32.2 Å². The number of carbonyl (C=O) groups excluding carboxylic acids is 2. The number of hydrogen-bond acceptors (Lipinski definition) is 5. The number of amides is 1. The highest BCUT2D eigenvalue weighted by Crippen LogP contribution is 2.37. The Bertz CT molecular complexity index is 1630. The van der Waals surface area contributed by atoms with Crippen LogP contribution in [0.15, 0.2) is 54.6 Å². The molecule has 55 heavy (non-hydrogen) atoms.